The molecule has 0 atom stereocenters. The van der Waals surface area contributed by atoms with Gasteiger partial charge in [-0.25, -0.2) is 0 Å². The zero-order chi connectivity index (χ0) is 47.7. The maximum Gasteiger partial charge on any atom is 0.122 e. The summed E-state index contributed by atoms with van der Waals surface area (Å²) in [6.07, 6.45) is 14.2. The van der Waals surface area contributed by atoms with Gasteiger partial charge in [0.15, 0.2) is 0 Å². The zero-order valence-corrected chi connectivity index (χ0v) is 43.1. The second-order valence-corrected chi connectivity index (χ2v) is 21.1. The average molecular weight is 879 g/mol. The molecule has 0 radical (unpaired) electrons. The van der Waals surface area contributed by atoms with Gasteiger partial charge in [0, 0.05) is 24.8 Å². The van der Waals surface area contributed by atoms with Gasteiger partial charge in [0.25, 0.3) is 0 Å². The minimum atomic E-state index is 0.342. The number of benzene rings is 5. The van der Waals surface area contributed by atoms with Crippen LogP contribution < -0.4 is 19.6 Å². The molecule has 5 aromatic carbocycles. The van der Waals surface area contributed by atoms with Crippen molar-refractivity contribution in [2.75, 3.05) is 19.6 Å². The molecule has 2 aliphatic heterocycles. The van der Waals surface area contributed by atoms with Crippen molar-refractivity contribution in [1.29, 1.82) is 0 Å². The molecule has 0 unspecified atom stereocenters. The van der Waals surface area contributed by atoms with E-state index < -0.39 is 0 Å². The van der Waals surface area contributed by atoms with Gasteiger partial charge in [-0.1, -0.05) is 208 Å². The Labute approximate surface area is 400 Å². The molecule has 0 amide bonds. The lowest BCUT2D eigenvalue weighted by atomic mass is 9.91. The third kappa shape index (κ3) is 9.31. The van der Waals surface area contributed by atoms with Gasteiger partial charge >= 0.3 is 0 Å². The summed E-state index contributed by atoms with van der Waals surface area (Å²) < 4.78 is 0. The van der Waals surface area contributed by atoms with Crippen molar-refractivity contribution in [1.82, 2.24) is 0 Å². The number of hydrogen-bond acceptors (Lipinski definition) is 4. The largest absolute Gasteiger partial charge is 0.301 e. The fourth-order valence-corrected chi connectivity index (χ4v) is 10.1. The fourth-order valence-electron chi connectivity index (χ4n) is 10.1. The molecule has 346 valence electrons. The molecule has 66 heavy (non-hydrogen) atoms. The molecule has 0 bridgehead atoms. The second kappa shape index (κ2) is 20.0. The molecule has 0 aliphatic carbocycles. The van der Waals surface area contributed by atoms with Gasteiger partial charge in [-0.15, -0.1) is 0 Å². The van der Waals surface area contributed by atoms with E-state index in [1.165, 1.54) is 67.3 Å². The molecule has 4 heteroatoms. The van der Waals surface area contributed by atoms with E-state index in [-0.39, 0.29) is 0 Å². The quantitative estimate of drug-likeness (QED) is 0.110. The van der Waals surface area contributed by atoms with Gasteiger partial charge in [-0.3, -0.25) is 0 Å². The number of hydrogen-bond donors (Lipinski definition) is 0. The number of para-hydroxylation sites is 4. The van der Waals surface area contributed by atoms with E-state index in [1.54, 1.807) is 0 Å². The highest BCUT2D eigenvalue weighted by atomic mass is 15.4. The van der Waals surface area contributed by atoms with Crippen LogP contribution in [0.25, 0.3) is 12.2 Å². The van der Waals surface area contributed by atoms with Crippen LogP contribution in [0.15, 0.2) is 134 Å². The summed E-state index contributed by atoms with van der Waals surface area (Å²) >= 11 is 0. The van der Waals surface area contributed by atoms with Gasteiger partial charge in [-0.05, 0) is 115 Å². The molecule has 2 aliphatic rings. The van der Waals surface area contributed by atoms with Crippen molar-refractivity contribution in [2.24, 2.45) is 0 Å². The lowest BCUT2D eigenvalue weighted by Crippen LogP contribution is -2.26. The van der Waals surface area contributed by atoms with E-state index in [2.05, 4.69) is 264 Å². The molecule has 0 spiro atoms. The molecule has 4 nitrogen and oxygen atoms in total. The minimum absolute atomic E-state index is 0.342. The maximum atomic E-state index is 2.49. The summed E-state index contributed by atoms with van der Waals surface area (Å²) in [5.41, 5.74) is 18.3. The summed E-state index contributed by atoms with van der Waals surface area (Å²) in [5.74, 6) is 4.99. The molecule has 0 fully saturated rings. The van der Waals surface area contributed by atoms with E-state index in [0.29, 0.717) is 47.3 Å². The van der Waals surface area contributed by atoms with E-state index in [0.717, 1.165) is 22.8 Å². The van der Waals surface area contributed by atoms with Crippen molar-refractivity contribution in [3.8, 4) is 0 Å². The van der Waals surface area contributed by atoms with Crippen LogP contribution in [-0.2, 0) is 0 Å². The Hall–Kier alpha value is -5.74. The van der Waals surface area contributed by atoms with Crippen molar-refractivity contribution >= 4 is 34.9 Å². The Morgan fingerprint density at radius 1 is 0.258 bits per heavy atom. The third-order valence-electron chi connectivity index (χ3n) is 13.6. The van der Waals surface area contributed by atoms with Gasteiger partial charge < -0.3 is 19.6 Å². The fraction of sp³-hybridized carbons (Fsp3) is 0.387. The molecule has 0 aromatic heterocycles. The molecular weight excluding hydrogens is 801 g/mol. The minimum Gasteiger partial charge on any atom is -0.301 e. The molecule has 5 aromatic rings. The predicted molar refractivity (Wildman–Crippen MR) is 289 cm³/mol. The van der Waals surface area contributed by atoms with Gasteiger partial charge in [0.1, 0.15) is 11.6 Å². The maximum absolute atomic E-state index is 2.49. The highest BCUT2D eigenvalue weighted by Crippen LogP contribution is 2.48. The highest BCUT2D eigenvalue weighted by Gasteiger charge is 2.33. The summed E-state index contributed by atoms with van der Waals surface area (Å²) in [4.78, 5) is 9.97. The van der Waals surface area contributed by atoms with E-state index >= 15 is 0 Å². The summed E-state index contributed by atoms with van der Waals surface area (Å²) in [5, 5.41) is 0. The SMILES string of the molecule is CC(C)c1cccc(C(C)C)c1N1C=CN(c2c(C(C)C)cccc2C(C)C)C1=Cc1ccccc1C=C1N(c2c(C(C)C)cccc2C(C)C)C=CN1c1c(C(C)C)cccc1C(C)C. The van der Waals surface area contributed by atoms with Gasteiger partial charge in [-0.2, -0.15) is 0 Å². The molecule has 0 saturated heterocycles. The average Bonchev–Trinajstić information content (AvgIpc) is 3.89. The number of rotatable bonds is 14. The van der Waals surface area contributed by atoms with Crippen molar-refractivity contribution < 1.29 is 0 Å². The van der Waals surface area contributed by atoms with E-state index in [1.807, 2.05) is 0 Å². The molecule has 0 N–H and O–H groups in total. The summed E-state index contributed by atoms with van der Waals surface area (Å²) in [6.45, 7) is 37.2. The van der Waals surface area contributed by atoms with Crippen LogP contribution in [0, 0.1) is 0 Å². The van der Waals surface area contributed by atoms with Gasteiger partial charge in [0.2, 0.25) is 0 Å². The zero-order valence-electron chi connectivity index (χ0n) is 43.1. The Kier molecular flexibility index (Phi) is 14.6. The van der Waals surface area contributed by atoms with Crippen LogP contribution in [0.4, 0.5) is 22.7 Å². The van der Waals surface area contributed by atoms with Crippen LogP contribution in [0.2, 0.25) is 0 Å². The van der Waals surface area contributed by atoms with Crippen LogP contribution in [-0.4, -0.2) is 0 Å². The lowest BCUT2D eigenvalue weighted by Gasteiger charge is -2.34. The van der Waals surface area contributed by atoms with Crippen LogP contribution in [0.5, 0.6) is 0 Å². The molecular formula is C62H78N4. The number of nitrogens with zero attached hydrogens (tertiary/aromatic N) is 4. The predicted octanol–water partition coefficient (Wildman–Crippen LogP) is 18.3. The molecule has 0 saturated carbocycles. The lowest BCUT2D eigenvalue weighted by molar-refractivity contribution is 0.820. The summed E-state index contributed by atoms with van der Waals surface area (Å²) in [6, 6.07) is 36.7. The van der Waals surface area contributed by atoms with Crippen LogP contribution in [0.1, 0.15) is 214 Å². The number of anilines is 4. The summed E-state index contributed by atoms with van der Waals surface area (Å²) in [7, 11) is 0. The Bertz CT molecular complexity index is 2210. The Morgan fingerprint density at radius 3 is 0.606 bits per heavy atom. The smallest absolute Gasteiger partial charge is 0.122 e. The van der Waals surface area contributed by atoms with Crippen molar-refractivity contribution in [3.63, 3.8) is 0 Å². The standard InChI is InChI=1S/C62H78N4/c1-39(2)49-25-19-26-50(40(3)4)59(49)63-33-34-64(60-51(41(5)6)27-20-28-52(60)42(7)8)57(63)37-47-23-17-18-24-48(47)38-58-65(61-53(43(9)10)29-21-30-54(61)44(11)12)35-36-66(58)62-55(45(13)14)31-22-32-56(62)46(15)16/h17-46H,1-16H3. The van der Waals surface area contributed by atoms with E-state index in [9.17, 15) is 0 Å². The normalized spacial score (nSPS) is 14.2. The van der Waals surface area contributed by atoms with Crippen molar-refractivity contribution in [2.45, 2.75) is 158 Å². The first-order chi connectivity index (χ1) is 31.4. The molecule has 2 heterocycles. The van der Waals surface area contributed by atoms with Gasteiger partial charge in [0.05, 0.1) is 22.7 Å². The van der Waals surface area contributed by atoms with E-state index in [4.69, 9.17) is 0 Å². The topological polar surface area (TPSA) is 13.0 Å². The second-order valence-electron chi connectivity index (χ2n) is 21.1. The first-order valence-corrected chi connectivity index (χ1v) is 25.0. The highest BCUT2D eigenvalue weighted by molar-refractivity contribution is 5.86. The first-order valence-electron chi connectivity index (χ1n) is 25.0. The first kappa shape index (κ1) is 48.2. The van der Waals surface area contributed by atoms with Crippen LogP contribution >= 0.6 is 0 Å². The van der Waals surface area contributed by atoms with Crippen LogP contribution in [0.3, 0.4) is 0 Å². The monoisotopic (exact) mass is 879 g/mol. The Balaban J connectivity index is 1.55. The third-order valence-corrected chi connectivity index (χ3v) is 13.6. The Morgan fingerprint density at radius 2 is 0.439 bits per heavy atom. The molecule has 7 rings (SSSR count). The van der Waals surface area contributed by atoms with Crippen molar-refractivity contribution in [3.05, 3.63) is 189 Å².